The highest BCUT2D eigenvalue weighted by Gasteiger charge is 2.47. The van der Waals surface area contributed by atoms with Crippen LogP contribution < -0.4 is 0 Å². The lowest BCUT2D eigenvalue weighted by atomic mass is 10.1. The number of rotatable bonds is 0. The molecule has 13 heavy (non-hydrogen) atoms. The van der Waals surface area contributed by atoms with Crippen LogP contribution in [0.15, 0.2) is 11.8 Å². The molecule has 0 saturated carbocycles. The smallest absolute Gasteiger partial charge is 0.254 e. The maximum Gasteiger partial charge on any atom is 0.254 e. The Morgan fingerprint density at radius 3 is 2.92 bits per heavy atom. The Balaban J connectivity index is 2.00. The third-order valence-electron chi connectivity index (χ3n) is 2.92. The fraction of sp³-hybridized carbons (Fsp3) is 0.778. The molecule has 0 atom stereocenters. The minimum Gasteiger partial charge on any atom is -0.473 e. The summed E-state index contributed by atoms with van der Waals surface area (Å²) in [5.74, 6) is 1.90. The third-order valence-corrected chi connectivity index (χ3v) is 2.92. The minimum absolute atomic E-state index is 0.121. The molecule has 0 radical (unpaired) electrons. The van der Waals surface area contributed by atoms with Gasteiger partial charge in [0.25, 0.3) is 11.8 Å². The predicted molar refractivity (Wildman–Crippen MR) is 46.4 cm³/mol. The lowest BCUT2D eigenvalue weighted by Crippen LogP contribution is -2.41. The van der Waals surface area contributed by atoms with Gasteiger partial charge in [-0.25, -0.2) is 0 Å². The van der Waals surface area contributed by atoms with Gasteiger partial charge in [-0.2, -0.15) is 0 Å². The molecular formula is C9H14N2O2. The summed E-state index contributed by atoms with van der Waals surface area (Å²) in [5.41, 5.74) is 0.121. The van der Waals surface area contributed by atoms with E-state index < -0.39 is 0 Å². The molecular weight excluding hydrogens is 168 g/mol. The Labute approximate surface area is 77.7 Å². The summed E-state index contributed by atoms with van der Waals surface area (Å²) >= 11 is 0. The first-order valence-corrected chi connectivity index (χ1v) is 4.71. The largest absolute Gasteiger partial charge is 0.473 e. The Hall–Kier alpha value is -1.06. The van der Waals surface area contributed by atoms with Crippen LogP contribution in [-0.2, 0) is 9.47 Å². The van der Waals surface area contributed by atoms with Crippen molar-refractivity contribution in [2.24, 2.45) is 0 Å². The molecule has 0 aliphatic carbocycles. The van der Waals surface area contributed by atoms with E-state index in [2.05, 4.69) is 23.6 Å². The van der Waals surface area contributed by atoms with Crippen molar-refractivity contribution in [2.45, 2.75) is 19.4 Å². The molecule has 2 saturated heterocycles. The topological polar surface area (TPSA) is 24.9 Å². The molecule has 0 amide bonds. The molecule has 0 aromatic carbocycles. The van der Waals surface area contributed by atoms with Gasteiger partial charge in [-0.3, -0.25) is 0 Å². The lowest BCUT2D eigenvalue weighted by molar-refractivity contribution is 0.165. The molecule has 72 valence electrons. The number of hydrogen-bond acceptors (Lipinski definition) is 4. The number of hydrogen-bond donors (Lipinski definition) is 0. The first kappa shape index (κ1) is 7.35. The summed E-state index contributed by atoms with van der Waals surface area (Å²) in [5, 5.41) is 0. The summed E-state index contributed by atoms with van der Waals surface area (Å²) in [6.45, 7) is 7.89. The Morgan fingerprint density at radius 2 is 2.08 bits per heavy atom. The molecule has 0 N–H and O–H groups in total. The number of ether oxygens (including phenoxy) is 2. The molecule has 0 aromatic heterocycles. The average molecular weight is 182 g/mol. The molecule has 3 rings (SSSR count). The second kappa shape index (κ2) is 2.05. The third kappa shape index (κ3) is 0.806. The summed E-state index contributed by atoms with van der Waals surface area (Å²) in [6.07, 6.45) is 0. The maximum atomic E-state index is 5.64. The van der Waals surface area contributed by atoms with Gasteiger partial charge in [-0.15, -0.1) is 0 Å². The van der Waals surface area contributed by atoms with Crippen LogP contribution in [0.4, 0.5) is 0 Å². The minimum atomic E-state index is 0.121. The average Bonchev–Trinajstić information content (AvgIpc) is 2.63. The van der Waals surface area contributed by atoms with Gasteiger partial charge < -0.3 is 19.3 Å². The molecule has 0 bridgehead atoms. The van der Waals surface area contributed by atoms with Gasteiger partial charge in [0.05, 0.1) is 18.8 Å². The van der Waals surface area contributed by atoms with Crippen molar-refractivity contribution in [3.63, 3.8) is 0 Å². The Kier molecular flexibility index (Phi) is 1.16. The van der Waals surface area contributed by atoms with Gasteiger partial charge in [-0.05, 0) is 13.8 Å². The van der Waals surface area contributed by atoms with Crippen molar-refractivity contribution in [2.75, 3.05) is 26.4 Å². The molecule has 0 aromatic rings. The van der Waals surface area contributed by atoms with Crippen molar-refractivity contribution in [1.29, 1.82) is 0 Å². The van der Waals surface area contributed by atoms with Crippen LogP contribution in [0.1, 0.15) is 13.8 Å². The van der Waals surface area contributed by atoms with Crippen LogP contribution in [-0.4, -0.2) is 41.8 Å². The van der Waals surface area contributed by atoms with E-state index in [4.69, 9.17) is 9.47 Å². The molecule has 4 heteroatoms. The first-order valence-electron chi connectivity index (χ1n) is 4.71. The van der Waals surface area contributed by atoms with E-state index in [1.165, 1.54) is 0 Å². The van der Waals surface area contributed by atoms with Crippen LogP contribution in [0.5, 0.6) is 0 Å². The molecule has 3 heterocycles. The highest BCUT2D eigenvalue weighted by Crippen LogP contribution is 2.39. The van der Waals surface area contributed by atoms with Crippen LogP contribution in [0.25, 0.3) is 0 Å². The number of fused-ring (bicyclic) bond motifs is 2. The van der Waals surface area contributed by atoms with E-state index in [0.717, 1.165) is 38.2 Å². The highest BCUT2D eigenvalue weighted by molar-refractivity contribution is 5.16. The van der Waals surface area contributed by atoms with Gasteiger partial charge in [0.15, 0.2) is 0 Å². The van der Waals surface area contributed by atoms with Gasteiger partial charge in [0, 0.05) is 0 Å². The van der Waals surface area contributed by atoms with Crippen LogP contribution in [0, 0.1) is 0 Å². The first-order chi connectivity index (χ1) is 6.18. The standard InChI is InChI=1S/C9H14N2O2/c1-9(2)5-13-8-7-10(3-4-12-7)6-11(8)9/h3-6H2,1-2H3. The van der Waals surface area contributed by atoms with E-state index in [0.29, 0.717) is 0 Å². The summed E-state index contributed by atoms with van der Waals surface area (Å²) in [6, 6.07) is 0. The zero-order valence-corrected chi connectivity index (χ0v) is 8.04. The molecule has 0 unspecified atom stereocenters. The lowest BCUT2D eigenvalue weighted by Gasteiger charge is -2.28. The van der Waals surface area contributed by atoms with Crippen molar-refractivity contribution < 1.29 is 9.47 Å². The summed E-state index contributed by atoms with van der Waals surface area (Å²) < 4.78 is 11.2. The van der Waals surface area contributed by atoms with Crippen molar-refractivity contribution in [1.82, 2.24) is 9.80 Å². The molecule has 0 spiro atoms. The van der Waals surface area contributed by atoms with Crippen LogP contribution in [0.2, 0.25) is 0 Å². The molecule has 3 aliphatic rings. The Morgan fingerprint density at radius 1 is 1.23 bits per heavy atom. The second-order valence-electron chi connectivity index (χ2n) is 4.39. The molecule has 4 nitrogen and oxygen atoms in total. The normalized spacial score (nSPS) is 28.8. The van der Waals surface area contributed by atoms with Gasteiger partial charge >= 0.3 is 0 Å². The second-order valence-corrected chi connectivity index (χ2v) is 4.39. The summed E-state index contributed by atoms with van der Waals surface area (Å²) in [7, 11) is 0. The summed E-state index contributed by atoms with van der Waals surface area (Å²) in [4.78, 5) is 4.51. The van der Waals surface area contributed by atoms with E-state index >= 15 is 0 Å². The number of nitrogens with zero attached hydrogens (tertiary/aromatic N) is 2. The van der Waals surface area contributed by atoms with Gasteiger partial charge in [0.1, 0.15) is 13.2 Å². The molecule has 3 aliphatic heterocycles. The van der Waals surface area contributed by atoms with E-state index in [1.54, 1.807) is 0 Å². The van der Waals surface area contributed by atoms with E-state index in [1.807, 2.05) is 0 Å². The molecule has 2 fully saturated rings. The maximum absolute atomic E-state index is 5.64. The zero-order valence-electron chi connectivity index (χ0n) is 8.04. The van der Waals surface area contributed by atoms with Gasteiger partial charge in [0.2, 0.25) is 0 Å². The quantitative estimate of drug-likeness (QED) is 0.545. The highest BCUT2D eigenvalue weighted by atomic mass is 16.6. The zero-order chi connectivity index (χ0) is 9.05. The van der Waals surface area contributed by atoms with Crippen molar-refractivity contribution in [3.8, 4) is 0 Å². The van der Waals surface area contributed by atoms with Crippen molar-refractivity contribution >= 4 is 0 Å². The fourth-order valence-electron chi connectivity index (χ4n) is 2.06. The monoisotopic (exact) mass is 182 g/mol. The van der Waals surface area contributed by atoms with E-state index in [-0.39, 0.29) is 5.54 Å². The fourth-order valence-corrected chi connectivity index (χ4v) is 2.06. The SMILES string of the molecule is CC1(C)COC2=C3OCCN3CN21. The van der Waals surface area contributed by atoms with Crippen LogP contribution in [0.3, 0.4) is 0 Å². The Bertz CT molecular complexity index is 285. The van der Waals surface area contributed by atoms with Crippen molar-refractivity contribution in [3.05, 3.63) is 11.8 Å². The van der Waals surface area contributed by atoms with Crippen LogP contribution >= 0.6 is 0 Å². The van der Waals surface area contributed by atoms with E-state index in [9.17, 15) is 0 Å². The van der Waals surface area contributed by atoms with Gasteiger partial charge in [-0.1, -0.05) is 0 Å². The predicted octanol–water partition coefficient (Wildman–Crippen LogP) is 0.527.